The van der Waals surface area contributed by atoms with Gasteiger partial charge in [-0.05, 0) is 55.4 Å². The fourth-order valence-electron chi connectivity index (χ4n) is 2.88. The molecule has 0 aliphatic rings. The van der Waals surface area contributed by atoms with Crippen LogP contribution >= 0.6 is 0 Å². The largest absolute Gasteiger partial charge is 0.463 e. The van der Waals surface area contributed by atoms with Gasteiger partial charge in [-0.15, -0.1) is 0 Å². The van der Waals surface area contributed by atoms with Crippen LogP contribution in [0.2, 0.25) is 0 Å². The predicted molar refractivity (Wildman–Crippen MR) is 208 cm³/mol. The molecular formula is C38H76O18. The summed E-state index contributed by atoms with van der Waals surface area (Å²) in [6, 6.07) is 0. The van der Waals surface area contributed by atoms with Crippen molar-refractivity contribution in [3.63, 3.8) is 0 Å². The van der Waals surface area contributed by atoms with Crippen LogP contribution < -0.4 is 0 Å². The molecule has 0 rings (SSSR count). The Morgan fingerprint density at radius 3 is 0.875 bits per heavy atom. The highest BCUT2D eigenvalue weighted by Gasteiger charge is 2.05. The lowest BCUT2D eigenvalue weighted by molar-refractivity contribution is -0.149. The molecule has 18 nitrogen and oxygen atoms in total. The highest BCUT2D eigenvalue weighted by atomic mass is 16.6. The Morgan fingerprint density at radius 1 is 0.375 bits per heavy atom. The SMILES string of the molecule is CCOC(C)COC(C)=O.CCOCC(C)OC(C)=O.COC(C)COC(C)=O.COC(C)COC(C)=O.COCC(C)OC(C)=O.COCC(C)OC(C)=O. The molecule has 56 heavy (non-hydrogen) atoms. The van der Waals surface area contributed by atoms with Crippen LogP contribution in [-0.4, -0.2) is 154 Å². The first-order valence-electron chi connectivity index (χ1n) is 18.1. The van der Waals surface area contributed by atoms with Crippen LogP contribution in [0, 0.1) is 0 Å². The second kappa shape index (κ2) is 47.7. The maximum Gasteiger partial charge on any atom is 0.302 e. The summed E-state index contributed by atoms with van der Waals surface area (Å²) in [6.45, 7) is 26.8. The molecule has 0 aliphatic carbocycles. The number of hydrogen-bond acceptors (Lipinski definition) is 18. The molecule has 0 bridgehead atoms. The molecule has 0 saturated heterocycles. The Balaban J connectivity index is -0.000000134. The molecule has 6 unspecified atom stereocenters. The molecule has 6 atom stereocenters. The van der Waals surface area contributed by atoms with E-state index in [1.807, 2.05) is 34.6 Å². The fraction of sp³-hybridized carbons (Fsp3) is 0.842. The van der Waals surface area contributed by atoms with Crippen molar-refractivity contribution in [2.24, 2.45) is 0 Å². The minimum atomic E-state index is -0.265. The van der Waals surface area contributed by atoms with E-state index in [0.29, 0.717) is 52.9 Å². The third-order valence-corrected chi connectivity index (χ3v) is 5.28. The number of ether oxygens (including phenoxy) is 12. The van der Waals surface area contributed by atoms with Crippen molar-refractivity contribution in [2.45, 2.75) is 134 Å². The molecule has 0 radical (unpaired) electrons. The van der Waals surface area contributed by atoms with E-state index in [0.717, 1.165) is 0 Å². The van der Waals surface area contributed by atoms with Crippen LogP contribution in [0.15, 0.2) is 0 Å². The lowest BCUT2D eigenvalue weighted by Gasteiger charge is -2.10. The first-order chi connectivity index (χ1) is 26.0. The number of esters is 6. The zero-order valence-corrected chi connectivity index (χ0v) is 37.5. The van der Waals surface area contributed by atoms with Gasteiger partial charge in [-0.2, -0.15) is 0 Å². The first-order valence-corrected chi connectivity index (χ1v) is 18.1. The Morgan fingerprint density at radius 2 is 0.661 bits per heavy atom. The second-order valence-corrected chi connectivity index (χ2v) is 11.6. The average Bonchev–Trinajstić information content (AvgIpc) is 3.08. The quantitative estimate of drug-likeness (QED) is 0.124. The highest BCUT2D eigenvalue weighted by Crippen LogP contribution is 1.94. The summed E-state index contributed by atoms with van der Waals surface area (Å²) in [5.41, 5.74) is 0. The first kappa shape index (κ1) is 64.5. The molecule has 0 fully saturated rings. The molecule has 0 spiro atoms. The summed E-state index contributed by atoms with van der Waals surface area (Å²) in [5.74, 6) is -1.57. The van der Waals surface area contributed by atoms with Crippen LogP contribution in [0.4, 0.5) is 0 Å². The number of carbonyl (C=O) groups is 6. The highest BCUT2D eigenvalue weighted by molar-refractivity contribution is 5.67. The zero-order chi connectivity index (χ0) is 45.1. The van der Waals surface area contributed by atoms with E-state index in [1.54, 1.807) is 49.2 Å². The standard InChI is InChI=1S/2C7H14O3.4C6H12O3/c1-4-9-6(2)5-10-7(3)8;1-4-9-5-6(2)10-7(3)8;2*1-5(8-3)4-9-6(2)7;2*1-5(4-8-3)9-6(2)7/h2*6H,4-5H2,1-3H3;4*5H,4H2,1-3H3. The topological polar surface area (TPSA) is 213 Å². The fourth-order valence-corrected chi connectivity index (χ4v) is 2.88. The lowest BCUT2D eigenvalue weighted by atomic mass is 10.4. The molecule has 0 aromatic heterocycles. The van der Waals surface area contributed by atoms with Crippen LogP contribution in [0.5, 0.6) is 0 Å². The van der Waals surface area contributed by atoms with E-state index in [-0.39, 0.29) is 72.4 Å². The molecule has 0 aromatic rings. The smallest absolute Gasteiger partial charge is 0.302 e. The lowest BCUT2D eigenvalue weighted by Crippen LogP contribution is -2.18. The van der Waals surface area contributed by atoms with Crippen molar-refractivity contribution >= 4 is 35.8 Å². The summed E-state index contributed by atoms with van der Waals surface area (Å²) in [4.78, 5) is 61.5. The third-order valence-electron chi connectivity index (χ3n) is 5.28. The van der Waals surface area contributed by atoms with Gasteiger partial charge < -0.3 is 56.8 Å². The maximum atomic E-state index is 10.3. The molecular weight excluding hydrogens is 744 g/mol. The van der Waals surface area contributed by atoms with E-state index >= 15 is 0 Å². The summed E-state index contributed by atoms with van der Waals surface area (Å²) >= 11 is 0. The predicted octanol–water partition coefficient (Wildman–Crippen LogP) is 4.29. The summed E-state index contributed by atoms with van der Waals surface area (Å²) in [6.07, 6.45) is -0.394. The number of rotatable bonds is 20. The Kier molecular flexibility index (Phi) is 55.0. The average molecular weight is 821 g/mol. The van der Waals surface area contributed by atoms with Crippen molar-refractivity contribution in [3.05, 3.63) is 0 Å². The van der Waals surface area contributed by atoms with Crippen molar-refractivity contribution < 1.29 is 85.6 Å². The Bertz CT molecular complexity index is 898. The van der Waals surface area contributed by atoms with Gasteiger partial charge in [0.2, 0.25) is 0 Å². The monoisotopic (exact) mass is 821 g/mol. The van der Waals surface area contributed by atoms with E-state index in [4.69, 9.17) is 47.4 Å². The third kappa shape index (κ3) is 75.5. The molecule has 0 aromatic carbocycles. The molecule has 0 saturated carbocycles. The van der Waals surface area contributed by atoms with Gasteiger partial charge in [0.1, 0.15) is 38.1 Å². The zero-order valence-electron chi connectivity index (χ0n) is 37.5. The summed E-state index contributed by atoms with van der Waals surface area (Å²) < 4.78 is 57.4. The minimum absolute atomic E-state index is 0.00565. The van der Waals surface area contributed by atoms with E-state index in [9.17, 15) is 28.8 Å². The molecule has 336 valence electrons. The van der Waals surface area contributed by atoms with Gasteiger partial charge in [0.15, 0.2) is 0 Å². The van der Waals surface area contributed by atoms with Gasteiger partial charge in [0.05, 0.1) is 38.1 Å². The van der Waals surface area contributed by atoms with Crippen LogP contribution in [0.3, 0.4) is 0 Å². The number of hydrogen-bond donors (Lipinski definition) is 0. The number of methoxy groups -OCH3 is 4. The van der Waals surface area contributed by atoms with E-state index in [2.05, 4.69) is 9.47 Å². The molecule has 0 amide bonds. The van der Waals surface area contributed by atoms with Gasteiger partial charge in [-0.1, -0.05) is 0 Å². The van der Waals surface area contributed by atoms with Crippen LogP contribution in [0.25, 0.3) is 0 Å². The molecule has 0 N–H and O–H groups in total. The number of carbonyl (C=O) groups excluding carboxylic acids is 6. The van der Waals surface area contributed by atoms with Crippen molar-refractivity contribution in [1.82, 2.24) is 0 Å². The molecule has 0 aliphatic heterocycles. The normalized spacial score (nSPS) is 12.8. The van der Waals surface area contributed by atoms with Crippen molar-refractivity contribution in [1.29, 1.82) is 0 Å². The van der Waals surface area contributed by atoms with Gasteiger partial charge in [0, 0.05) is 83.2 Å². The van der Waals surface area contributed by atoms with Crippen molar-refractivity contribution in [3.8, 4) is 0 Å². The van der Waals surface area contributed by atoms with Gasteiger partial charge in [-0.25, -0.2) is 0 Å². The van der Waals surface area contributed by atoms with E-state index in [1.165, 1.54) is 41.5 Å². The summed E-state index contributed by atoms with van der Waals surface area (Å²) in [5, 5.41) is 0. The second-order valence-electron chi connectivity index (χ2n) is 11.6. The molecule has 0 heterocycles. The molecule has 18 heteroatoms. The minimum Gasteiger partial charge on any atom is -0.463 e. The van der Waals surface area contributed by atoms with Gasteiger partial charge in [0.25, 0.3) is 0 Å². The van der Waals surface area contributed by atoms with Crippen LogP contribution in [0.1, 0.15) is 96.9 Å². The van der Waals surface area contributed by atoms with Crippen molar-refractivity contribution in [2.75, 3.05) is 81.3 Å². The van der Waals surface area contributed by atoms with E-state index < -0.39 is 0 Å². The van der Waals surface area contributed by atoms with Gasteiger partial charge >= 0.3 is 35.8 Å². The van der Waals surface area contributed by atoms with Crippen LogP contribution in [-0.2, 0) is 85.6 Å². The maximum absolute atomic E-state index is 10.3. The summed E-state index contributed by atoms with van der Waals surface area (Å²) in [7, 11) is 6.29. The Hall–Kier alpha value is -3.42. The van der Waals surface area contributed by atoms with Gasteiger partial charge in [-0.3, -0.25) is 28.8 Å². The Labute approximate surface area is 336 Å².